The highest BCUT2D eigenvalue weighted by Gasteiger charge is 2.07. The number of hydrogen-bond donors (Lipinski definition) is 1. The Morgan fingerprint density at radius 3 is 2.93 bits per heavy atom. The Hall–Kier alpha value is -1.13. The summed E-state index contributed by atoms with van der Waals surface area (Å²) < 4.78 is 6.27. The summed E-state index contributed by atoms with van der Waals surface area (Å²) in [7, 11) is 1.61. The van der Waals surface area contributed by atoms with Crippen LogP contribution >= 0.6 is 11.3 Å². The number of methoxy groups -OCH3 is 1. The van der Waals surface area contributed by atoms with Gasteiger partial charge >= 0.3 is 0 Å². The molecule has 0 atom stereocenters. The van der Waals surface area contributed by atoms with Gasteiger partial charge in [-0.15, -0.1) is 11.3 Å². The minimum atomic E-state index is -0.0182. The Labute approximate surface area is 86.0 Å². The standard InChI is InChI=1S/C10H11NO2S/c1-6-11-8-3-7(5-12)9(13-2)4-10(8)14-6/h3-4,12H,5H2,1-2H3. The van der Waals surface area contributed by atoms with Gasteiger partial charge in [-0.05, 0) is 19.1 Å². The number of thiazole rings is 1. The normalized spacial score (nSPS) is 10.8. The third-order valence-electron chi connectivity index (χ3n) is 2.07. The van der Waals surface area contributed by atoms with Gasteiger partial charge in [-0.25, -0.2) is 4.98 Å². The molecule has 0 amide bonds. The zero-order valence-corrected chi connectivity index (χ0v) is 8.89. The van der Waals surface area contributed by atoms with Crippen LogP contribution in [0.2, 0.25) is 0 Å². The van der Waals surface area contributed by atoms with E-state index in [0.717, 1.165) is 26.5 Å². The van der Waals surface area contributed by atoms with Crippen molar-refractivity contribution in [3.8, 4) is 5.75 Å². The minimum absolute atomic E-state index is 0.0182. The molecule has 0 aliphatic heterocycles. The lowest BCUT2D eigenvalue weighted by molar-refractivity contribution is 0.274. The maximum Gasteiger partial charge on any atom is 0.125 e. The molecule has 1 N–H and O–H groups in total. The van der Waals surface area contributed by atoms with Gasteiger partial charge in [0.25, 0.3) is 0 Å². The summed E-state index contributed by atoms with van der Waals surface area (Å²) in [4.78, 5) is 4.35. The van der Waals surface area contributed by atoms with E-state index in [2.05, 4.69) is 4.98 Å². The van der Waals surface area contributed by atoms with Crippen LogP contribution in [0, 0.1) is 6.92 Å². The van der Waals surface area contributed by atoms with Crippen molar-refractivity contribution < 1.29 is 9.84 Å². The molecule has 0 fully saturated rings. The summed E-state index contributed by atoms with van der Waals surface area (Å²) in [6.45, 7) is 1.95. The quantitative estimate of drug-likeness (QED) is 0.823. The van der Waals surface area contributed by atoms with Crippen LogP contribution in [0.5, 0.6) is 5.75 Å². The first kappa shape index (κ1) is 9.43. The number of aliphatic hydroxyl groups excluding tert-OH is 1. The lowest BCUT2D eigenvalue weighted by Crippen LogP contribution is -1.91. The molecule has 14 heavy (non-hydrogen) atoms. The highest BCUT2D eigenvalue weighted by atomic mass is 32.1. The van der Waals surface area contributed by atoms with Gasteiger partial charge in [0, 0.05) is 5.56 Å². The van der Waals surface area contributed by atoms with Gasteiger partial charge in [0.15, 0.2) is 0 Å². The zero-order valence-electron chi connectivity index (χ0n) is 8.07. The van der Waals surface area contributed by atoms with Crippen molar-refractivity contribution in [1.29, 1.82) is 0 Å². The van der Waals surface area contributed by atoms with E-state index in [9.17, 15) is 0 Å². The second-order valence-electron chi connectivity index (χ2n) is 3.02. The van der Waals surface area contributed by atoms with Gasteiger partial charge < -0.3 is 9.84 Å². The number of nitrogens with zero attached hydrogens (tertiary/aromatic N) is 1. The van der Waals surface area contributed by atoms with Gasteiger partial charge in [-0.2, -0.15) is 0 Å². The Bertz CT molecular complexity index is 423. The monoisotopic (exact) mass is 209 g/mol. The number of fused-ring (bicyclic) bond motifs is 1. The number of hydrogen-bond acceptors (Lipinski definition) is 4. The van der Waals surface area contributed by atoms with E-state index in [1.54, 1.807) is 18.4 Å². The first-order chi connectivity index (χ1) is 6.74. The van der Waals surface area contributed by atoms with Crippen molar-refractivity contribution in [2.45, 2.75) is 13.5 Å². The van der Waals surface area contributed by atoms with Gasteiger partial charge in [-0.3, -0.25) is 0 Å². The average molecular weight is 209 g/mol. The number of rotatable bonds is 2. The van der Waals surface area contributed by atoms with Crippen LogP contribution in [-0.4, -0.2) is 17.2 Å². The molecule has 2 rings (SSSR count). The SMILES string of the molecule is COc1cc2sc(C)nc2cc1CO. The van der Waals surface area contributed by atoms with E-state index in [1.165, 1.54) is 0 Å². The van der Waals surface area contributed by atoms with Crippen molar-refractivity contribution in [1.82, 2.24) is 4.98 Å². The largest absolute Gasteiger partial charge is 0.496 e. The zero-order chi connectivity index (χ0) is 10.1. The molecule has 0 aliphatic carbocycles. The summed E-state index contributed by atoms with van der Waals surface area (Å²) in [6, 6.07) is 3.79. The predicted molar refractivity (Wildman–Crippen MR) is 56.8 cm³/mol. The van der Waals surface area contributed by atoms with Crippen molar-refractivity contribution in [2.75, 3.05) is 7.11 Å². The summed E-state index contributed by atoms with van der Waals surface area (Å²) in [6.07, 6.45) is 0. The van der Waals surface area contributed by atoms with Gasteiger partial charge in [0.1, 0.15) is 5.75 Å². The van der Waals surface area contributed by atoms with E-state index < -0.39 is 0 Å². The number of aromatic nitrogens is 1. The molecule has 1 aromatic carbocycles. The molecular formula is C10H11NO2S. The second-order valence-corrected chi connectivity index (χ2v) is 4.26. The highest BCUT2D eigenvalue weighted by molar-refractivity contribution is 7.18. The number of aliphatic hydroxyl groups is 1. The Balaban J connectivity index is 2.68. The molecule has 0 radical (unpaired) electrons. The summed E-state index contributed by atoms with van der Waals surface area (Å²) in [5.74, 6) is 0.726. The molecule has 1 aromatic heterocycles. The maximum atomic E-state index is 9.11. The molecular weight excluding hydrogens is 198 g/mol. The second kappa shape index (κ2) is 3.55. The first-order valence-corrected chi connectivity index (χ1v) is 5.11. The van der Waals surface area contributed by atoms with Gasteiger partial charge in [-0.1, -0.05) is 0 Å². The minimum Gasteiger partial charge on any atom is -0.496 e. The van der Waals surface area contributed by atoms with Crippen LogP contribution in [0.1, 0.15) is 10.6 Å². The van der Waals surface area contributed by atoms with E-state index in [0.29, 0.717) is 0 Å². The Morgan fingerprint density at radius 2 is 2.29 bits per heavy atom. The Morgan fingerprint density at radius 1 is 1.50 bits per heavy atom. The van der Waals surface area contributed by atoms with Crippen molar-refractivity contribution >= 4 is 21.6 Å². The Kier molecular flexibility index (Phi) is 2.39. The summed E-state index contributed by atoms with van der Waals surface area (Å²) >= 11 is 1.63. The van der Waals surface area contributed by atoms with E-state index >= 15 is 0 Å². The van der Waals surface area contributed by atoms with Crippen molar-refractivity contribution in [3.63, 3.8) is 0 Å². The number of benzene rings is 1. The fourth-order valence-corrected chi connectivity index (χ4v) is 2.26. The van der Waals surface area contributed by atoms with Crippen LogP contribution in [-0.2, 0) is 6.61 Å². The molecule has 1 heterocycles. The third kappa shape index (κ3) is 1.47. The fraction of sp³-hybridized carbons (Fsp3) is 0.300. The molecule has 74 valence electrons. The van der Waals surface area contributed by atoms with Gasteiger partial charge in [0.05, 0.1) is 28.9 Å². The molecule has 0 unspecified atom stereocenters. The average Bonchev–Trinajstić information content (AvgIpc) is 2.54. The van der Waals surface area contributed by atoms with Crippen LogP contribution in [0.3, 0.4) is 0 Å². The summed E-state index contributed by atoms with van der Waals surface area (Å²) in [5.41, 5.74) is 1.71. The van der Waals surface area contributed by atoms with Crippen LogP contribution in [0.4, 0.5) is 0 Å². The predicted octanol–water partition coefficient (Wildman–Crippen LogP) is 2.11. The van der Waals surface area contributed by atoms with Gasteiger partial charge in [0.2, 0.25) is 0 Å². The van der Waals surface area contributed by atoms with Crippen molar-refractivity contribution in [2.24, 2.45) is 0 Å². The molecule has 0 saturated heterocycles. The highest BCUT2D eigenvalue weighted by Crippen LogP contribution is 2.29. The van der Waals surface area contributed by atoms with E-state index in [4.69, 9.17) is 9.84 Å². The number of aryl methyl sites for hydroxylation is 1. The molecule has 0 aliphatic rings. The topological polar surface area (TPSA) is 42.4 Å². The van der Waals surface area contributed by atoms with E-state index in [1.807, 2.05) is 19.1 Å². The van der Waals surface area contributed by atoms with E-state index in [-0.39, 0.29) is 6.61 Å². The fourth-order valence-electron chi connectivity index (χ4n) is 1.43. The molecule has 2 aromatic rings. The molecule has 0 bridgehead atoms. The molecule has 3 nitrogen and oxygen atoms in total. The lowest BCUT2D eigenvalue weighted by atomic mass is 10.2. The van der Waals surface area contributed by atoms with Crippen LogP contribution in [0.25, 0.3) is 10.2 Å². The van der Waals surface area contributed by atoms with Crippen molar-refractivity contribution in [3.05, 3.63) is 22.7 Å². The molecule has 4 heteroatoms. The van der Waals surface area contributed by atoms with Crippen LogP contribution in [0.15, 0.2) is 12.1 Å². The number of ether oxygens (including phenoxy) is 1. The smallest absolute Gasteiger partial charge is 0.125 e. The van der Waals surface area contributed by atoms with Crippen LogP contribution < -0.4 is 4.74 Å². The molecule has 0 spiro atoms. The first-order valence-electron chi connectivity index (χ1n) is 4.29. The maximum absolute atomic E-state index is 9.11. The molecule has 0 saturated carbocycles. The lowest BCUT2D eigenvalue weighted by Gasteiger charge is -2.04. The summed E-state index contributed by atoms with van der Waals surface area (Å²) in [5, 5.41) is 10.1. The third-order valence-corrected chi connectivity index (χ3v) is 3.00.